The summed E-state index contributed by atoms with van der Waals surface area (Å²) in [5, 5.41) is 9.67. The largest absolute Gasteiger partial charge is 0.490 e. The van der Waals surface area contributed by atoms with E-state index in [0.29, 0.717) is 30.5 Å². The predicted octanol–water partition coefficient (Wildman–Crippen LogP) is 4.21. The lowest BCUT2D eigenvalue weighted by atomic mass is 10.1. The minimum absolute atomic E-state index is 0.106. The van der Waals surface area contributed by atoms with Gasteiger partial charge in [0, 0.05) is 36.2 Å². The molecule has 0 saturated carbocycles. The molecule has 0 atom stereocenters. The fourth-order valence-corrected chi connectivity index (χ4v) is 4.47. The van der Waals surface area contributed by atoms with E-state index in [9.17, 15) is 9.59 Å². The maximum absolute atomic E-state index is 12.5. The molecule has 0 aliphatic carbocycles. The topological polar surface area (TPSA) is 83.6 Å². The Kier molecular flexibility index (Phi) is 6.60. The Morgan fingerprint density at radius 3 is 2.63 bits per heavy atom. The second-order valence-electron chi connectivity index (χ2n) is 6.85. The summed E-state index contributed by atoms with van der Waals surface area (Å²) in [6.07, 6.45) is 1.66. The van der Waals surface area contributed by atoms with Crippen molar-refractivity contribution in [3.05, 3.63) is 63.8 Å². The quantitative estimate of drug-likeness (QED) is 0.599. The summed E-state index contributed by atoms with van der Waals surface area (Å²) < 4.78 is 5.97. The Hall–Kier alpha value is -2.91. The molecule has 1 aliphatic rings. The first-order chi connectivity index (χ1) is 14.7. The van der Waals surface area contributed by atoms with Crippen LogP contribution in [-0.4, -0.2) is 41.0 Å². The van der Waals surface area contributed by atoms with E-state index < -0.39 is 0 Å². The summed E-state index contributed by atoms with van der Waals surface area (Å²) >= 11 is 2.83. The van der Waals surface area contributed by atoms with Gasteiger partial charge in [0.2, 0.25) is 0 Å². The summed E-state index contributed by atoms with van der Waals surface area (Å²) in [5.41, 5.74) is 0.307. The Morgan fingerprint density at radius 2 is 1.90 bits per heavy atom. The van der Waals surface area contributed by atoms with Crippen molar-refractivity contribution in [2.24, 2.45) is 0 Å². The van der Waals surface area contributed by atoms with Gasteiger partial charge in [-0.15, -0.1) is 22.7 Å². The van der Waals surface area contributed by atoms with Gasteiger partial charge in [-0.3, -0.25) is 10.1 Å². The number of carbonyl (C=O) groups excluding carboxylic acids is 2. The van der Waals surface area contributed by atoms with Crippen molar-refractivity contribution >= 4 is 39.7 Å². The average Bonchev–Trinajstić information content (AvgIpc) is 3.45. The normalized spacial score (nSPS) is 14.3. The van der Waals surface area contributed by atoms with Crippen molar-refractivity contribution in [1.82, 2.24) is 15.2 Å². The van der Waals surface area contributed by atoms with Gasteiger partial charge >= 0.3 is 6.03 Å². The number of para-hydroxylation sites is 1. The van der Waals surface area contributed by atoms with Crippen molar-refractivity contribution in [2.75, 3.05) is 18.4 Å². The lowest BCUT2D eigenvalue weighted by Gasteiger charge is -2.31. The number of aromatic nitrogens is 1. The molecular formula is C21H22N4O3S2. The molecule has 156 valence electrons. The number of benzene rings is 1. The number of hydrogen-bond acceptors (Lipinski definition) is 6. The molecule has 0 unspecified atom stereocenters. The van der Waals surface area contributed by atoms with Gasteiger partial charge < -0.3 is 15.0 Å². The first kappa shape index (κ1) is 20.4. The molecule has 1 fully saturated rings. The zero-order chi connectivity index (χ0) is 20.8. The van der Waals surface area contributed by atoms with Gasteiger partial charge in [0.05, 0.1) is 6.54 Å². The van der Waals surface area contributed by atoms with Gasteiger partial charge in [0.15, 0.2) is 5.13 Å². The number of thiazole rings is 1. The minimum Gasteiger partial charge on any atom is -0.490 e. The zero-order valence-corrected chi connectivity index (χ0v) is 17.9. The standard InChI is InChI=1S/C21H22N4O3S2/c26-19(22-13-17-7-4-12-29-17)18-14-30-20(23-18)24-21(27)25-10-8-16(9-11-25)28-15-5-2-1-3-6-15/h1-7,12,14,16H,8-11,13H2,(H,22,26)(H,23,24,27). The predicted molar refractivity (Wildman–Crippen MR) is 118 cm³/mol. The third-order valence-corrected chi connectivity index (χ3v) is 6.36. The maximum Gasteiger partial charge on any atom is 0.323 e. The highest BCUT2D eigenvalue weighted by molar-refractivity contribution is 7.14. The zero-order valence-electron chi connectivity index (χ0n) is 16.2. The molecule has 2 N–H and O–H groups in total. The van der Waals surface area contributed by atoms with Crippen LogP contribution in [0.5, 0.6) is 5.75 Å². The number of rotatable bonds is 6. The molecule has 4 rings (SSSR count). The molecule has 3 aromatic rings. The number of amides is 3. The molecule has 0 radical (unpaired) electrons. The first-order valence-corrected chi connectivity index (χ1v) is 11.5. The number of nitrogens with zero attached hydrogens (tertiary/aromatic N) is 2. The van der Waals surface area contributed by atoms with Crippen molar-refractivity contribution in [2.45, 2.75) is 25.5 Å². The SMILES string of the molecule is O=C(NCc1cccs1)c1csc(NC(=O)N2CCC(Oc3ccccc3)CC2)n1. The third-order valence-electron chi connectivity index (χ3n) is 4.73. The molecule has 2 aromatic heterocycles. The lowest BCUT2D eigenvalue weighted by Crippen LogP contribution is -2.43. The van der Waals surface area contributed by atoms with Crippen LogP contribution >= 0.6 is 22.7 Å². The van der Waals surface area contributed by atoms with E-state index in [1.165, 1.54) is 11.3 Å². The molecule has 3 amide bonds. The fourth-order valence-electron chi connectivity index (χ4n) is 3.15. The van der Waals surface area contributed by atoms with Gasteiger partial charge in [-0.05, 0) is 23.6 Å². The molecule has 3 heterocycles. The van der Waals surface area contributed by atoms with Crippen LogP contribution in [-0.2, 0) is 6.54 Å². The summed E-state index contributed by atoms with van der Waals surface area (Å²) in [7, 11) is 0. The molecule has 7 nitrogen and oxygen atoms in total. The molecule has 30 heavy (non-hydrogen) atoms. The number of ether oxygens (including phenoxy) is 1. The lowest BCUT2D eigenvalue weighted by molar-refractivity contribution is 0.0946. The first-order valence-electron chi connectivity index (χ1n) is 9.71. The van der Waals surface area contributed by atoms with Gasteiger partial charge in [0.1, 0.15) is 17.5 Å². The highest BCUT2D eigenvalue weighted by Crippen LogP contribution is 2.21. The van der Waals surface area contributed by atoms with Crippen LogP contribution in [0.15, 0.2) is 53.2 Å². The van der Waals surface area contributed by atoms with Crippen molar-refractivity contribution in [3.8, 4) is 5.75 Å². The second kappa shape index (κ2) is 9.73. The Balaban J connectivity index is 1.23. The van der Waals surface area contributed by atoms with Gasteiger partial charge in [-0.25, -0.2) is 9.78 Å². The molecule has 9 heteroatoms. The van der Waals surface area contributed by atoms with Crippen LogP contribution in [0.4, 0.5) is 9.93 Å². The van der Waals surface area contributed by atoms with E-state index in [-0.39, 0.29) is 18.0 Å². The van der Waals surface area contributed by atoms with E-state index in [1.54, 1.807) is 21.6 Å². The van der Waals surface area contributed by atoms with Crippen LogP contribution in [0.1, 0.15) is 28.2 Å². The number of anilines is 1. The second-order valence-corrected chi connectivity index (χ2v) is 8.74. The number of hydrogen-bond donors (Lipinski definition) is 2. The molecule has 1 aliphatic heterocycles. The number of nitrogens with one attached hydrogen (secondary N) is 2. The van der Waals surface area contributed by atoms with Gasteiger partial charge in [-0.2, -0.15) is 0 Å². The Bertz CT molecular complexity index is 967. The molecule has 0 bridgehead atoms. The monoisotopic (exact) mass is 442 g/mol. The van der Waals surface area contributed by atoms with Gasteiger partial charge in [0.25, 0.3) is 5.91 Å². The molecule has 1 aromatic carbocycles. The highest BCUT2D eigenvalue weighted by Gasteiger charge is 2.24. The summed E-state index contributed by atoms with van der Waals surface area (Å²) in [4.78, 5) is 31.8. The van der Waals surface area contributed by atoms with Crippen LogP contribution in [0, 0.1) is 0 Å². The van der Waals surface area contributed by atoms with E-state index in [0.717, 1.165) is 23.5 Å². The highest BCUT2D eigenvalue weighted by atomic mass is 32.1. The summed E-state index contributed by atoms with van der Waals surface area (Å²) in [5.74, 6) is 0.604. The minimum atomic E-state index is -0.251. The van der Waals surface area contributed by atoms with Crippen molar-refractivity contribution in [1.29, 1.82) is 0 Å². The van der Waals surface area contributed by atoms with E-state index in [2.05, 4.69) is 15.6 Å². The van der Waals surface area contributed by atoms with Gasteiger partial charge in [-0.1, -0.05) is 24.3 Å². The van der Waals surface area contributed by atoms with E-state index in [1.807, 2.05) is 47.8 Å². The number of likely N-dealkylation sites (tertiary alicyclic amines) is 1. The van der Waals surface area contributed by atoms with Crippen molar-refractivity contribution < 1.29 is 14.3 Å². The van der Waals surface area contributed by atoms with Crippen LogP contribution in [0.25, 0.3) is 0 Å². The van der Waals surface area contributed by atoms with Crippen molar-refractivity contribution in [3.63, 3.8) is 0 Å². The molecule has 0 spiro atoms. The van der Waals surface area contributed by atoms with E-state index in [4.69, 9.17) is 4.74 Å². The fraction of sp³-hybridized carbons (Fsp3) is 0.286. The van der Waals surface area contributed by atoms with Crippen LogP contribution < -0.4 is 15.4 Å². The summed E-state index contributed by atoms with van der Waals surface area (Å²) in [6.45, 7) is 1.70. The number of piperidine rings is 1. The smallest absolute Gasteiger partial charge is 0.323 e. The van der Waals surface area contributed by atoms with Crippen LogP contribution in [0.2, 0.25) is 0 Å². The van der Waals surface area contributed by atoms with Crippen LogP contribution in [0.3, 0.4) is 0 Å². The maximum atomic E-state index is 12.5. The Morgan fingerprint density at radius 1 is 1.10 bits per heavy atom. The summed E-state index contributed by atoms with van der Waals surface area (Å²) in [6, 6.07) is 13.4. The number of urea groups is 1. The third kappa shape index (κ3) is 5.37. The number of carbonyl (C=O) groups is 2. The molecular weight excluding hydrogens is 420 g/mol. The average molecular weight is 443 g/mol. The van der Waals surface area contributed by atoms with E-state index >= 15 is 0 Å². The Labute approximate surface area is 182 Å². The molecule has 1 saturated heterocycles. The number of thiophene rings is 1.